The summed E-state index contributed by atoms with van der Waals surface area (Å²) >= 11 is 0. The minimum Gasteiger partial charge on any atom is -0.462 e. The van der Waals surface area contributed by atoms with Crippen LogP contribution in [-0.4, -0.2) is 37.2 Å². The highest BCUT2D eigenvalue weighted by Gasteiger charge is 2.19. The zero-order chi connectivity index (χ0) is 40.1. The third-order valence-corrected chi connectivity index (χ3v) is 9.32. The average molecular weight is 767 g/mol. The van der Waals surface area contributed by atoms with Crippen molar-refractivity contribution < 1.29 is 28.6 Å². The standard InChI is InChI=1S/C49H82O6/c1-4-7-10-13-16-19-22-23-24-25-28-30-33-36-39-42-48(51)54-45-46(55-49(52)43-40-37-34-31-27-21-18-15-12-9-6-3)44-53-47(50)41-38-35-32-29-26-20-17-14-11-8-5-2/h7,10,13,15-16,18-19,21-24,27,46H,4-6,8-9,11-12,14,17,20,25-26,28-45H2,1-3H3/b10-7-,16-13-,18-15-,22-19-,24-23-,27-21-. The molecule has 0 aliphatic carbocycles. The van der Waals surface area contributed by atoms with Gasteiger partial charge in [-0.05, 0) is 57.8 Å². The molecule has 1 atom stereocenters. The molecular weight excluding hydrogens is 685 g/mol. The average Bonchev–Trinajstić information content (AvgIpc) is 3.18. The molecule has 0 N–H and O–H groups in total. The van der Waals surface area contributed by atoms with Crippen molar-refractivity contribution in [2.24, 2.45) is 0 Å². The smallest absolute Gasteiger partial charge is 0.306 e. The molecule has 0 fully saturated rings. The Bertz CT molecular complexity index is 1070. The number of allylic oxidation sites excluding steroid dienone is 12. The lowest BCUT2D eigenvalue weighted by molar-refractivity contribution is -0.167. The first-order valence-electron chi connectivity index (χ1n) is 22.5. The Balaban J connectivity index is 4.45. The fourth-order valence-corrected chi connectivity index (χ4v) is 5.90. The van der Waals surface area contributed by atoms with Crippen molar-refractivity contribution in [3.63, 3.8) is 0 Å². The summed E-state index contributed by atoms with van der Waals surface area (Å²) in [7, 11) is 0. The van der Waals surface area contributed by atoms with Gasteiger partial charge in [0.15, 0.2) is 6.10 Å². The Labute approximate surface area is 338 Å². The predicted molar refractivity (Wildman–Crippen MR) is 233 cm³/mol. The van der Waals surface area contributed by atoms with Gasteiger partial charge in [0.25, 0.3) is 0 Å². The van der Waals surface area contributed by atoms with Gasteiger partial charge >= 0.3 is 17.9 Å². The van der Waals surface area contributed by atoms with Gasteiger partial charge in [0.1, 0.15) is 13.2 Å². The van der Waals surface area contributed by atoms with Crippen molar-refractivity contribution in [3.05, 3.63) is 72.9 Å². The van der Waals surface area contributed by atoms with E-state index in [9.17, 15) is 14.4 Å². The molecule has 0 spiro atoms. The zero-order valence-electron chi connectivity index (χ0n) is 35.7. The van der Waals surface area contributed by atoms with E-state index >= 15 is 0 Å². The van der Waals surface area contributed by atoms with E-state index in [1.165, 1.54) is 64.2 Å². The lowest BCUT2D eigenvalue weighted by Crippen LogP contribution is -2.30. The first-order valence-corrected chi connectivity index (χ1v) is 22.5. The van der Waals surface area contributed by atoms with Crippen LogP contribution in [0.3, 0.4) is 0 Å². The molecule has 6 nitrogen and oxygen atoms in total. The van der Waals surface area contributed by atoms with Crippen molar-refractivity contribution in [3.8, 4) is 0 Å². The fourth-order valence-electron chi connectivity index (χ4n) is 5.90. The first-order chi connectivity index (χ1) is 27.0. The van der Waals surface area contributed by atoms with Gasteiger partial charge in [-0.1, -0.05) is 196 Å². The molecule has 0 rings (SSSR count). The van der Waals surface area contributed by atoms with Crippen LogP contribution in [0.25, 0.3) is 0 Å². The van der Waals surface area contributed by atoms with Gasteiger partial charge in [0, 0.05) is 19.3 Å². The number of unbranched alkanes of at least 4 members (excludes halogenated alkanes) is 20. The molecule has 55 heavy (non-hydrogen) atoms. The van der Waals surface area contributed by atoms with Crippen molar-refractivity contribution in [1.29, 1.82) is 0 Å². The van der Waals surface area contributed by atoms with Crippen LogP contribution in [0.2, 0.25) is 0 Å². The summed E-state index contributed by atoms with van der Waals surface area (Å²) in [5.41, 5.74) is 0. The Morgan fingerprint density at radius 2 is 0.727 bits per heavy atom. The van der Waals surface area contributed by atoms with Gasteiger partial charge in [-0.15, -0.1) is 0 Å². The van der Waals surface area contributed by atoms with Gasteiger partial charge in [-0.25, -0.2) is 0 Å². The largest absolute Gasteiger partial charge is 0.462 e. The van der Waals surface area contributed by atoms with Crippen LogP contribution in [-0.2, 0) is 28.6 Å². The number of carbonyl (C=O) groups excluding carboxylic acids is 3. The number of hydrogen-bond donors (Lipinski definition) is 0. The minimum atomic E-state index is -0.794. The normalized spacial score (nSPS) is 12.7. The molecule has 314 valence electrons. The van der Waals surface area contributed by atoms with Gasteiger partial charge in [-0.3, -0.25) is 14.4 Å². The monoisotopic (exact) mass is 767 g/mol. The molecule has 0 aromatic carbocycles. The Kier molecular flexibility index (Phi) is 41.1. The van der Waals surface area contributed by atoms with E-state index in [-0.39, 0.29) is 31.1 Å². The summed E-state index contributed by atoms with van der Waals surface area (Å²) < 4.78 is 16.6. The van der Waals surface area contributed by atoms with Crippen LogP contribution in [0.5, 0.6) is 0 Å². The van der Waals surface area contributed by atoms with Crippen LogP contribution in [0.15, 0.2) is 72.9 Å². The van der Waals surface area contributed by atoms with E-state index < -0.39 is 6.10 Å². The highest BCUT2D eigenvalue weighted by Crippen LogP contribution is 2.13. The first kappa shape index (κ1) is 51.9. The van der Waals surface area contributed by atoms with E-state index in [1.54, 1.807) is 0 Å². The summed E-state index contributed by atoms with van der Waals surface area (Å²) in [6, 6.07) is 0. The number of ether oxygens (including phenoxy) is 3. The third-order valence-electron chi connectivity index (χ3n) is 9.32. The van der Waals surface area contributed by atoms with Gasteiger partial charge in [0.2, 0.25) is 0 Å². The molecule has 0 bridgehead atoms. The topological polar surface area (TPSA) is 78.9 Å². The number of esters is 3. The summed E-state index contributed by atoms with van der Waals surface area (Å²) in [4.78, 5) is 37.7. The van der Waals surface area contributed by atoms with E-state index in [0.29, 0.717) is 19.3 Å². The molecule has 0 saturated heterocycles. The second kappa shape index (κ2) is 43.6. The van der Waals surface area contributed by atoms with Gasteiger partial charge in [0.05, 0.1) is 0 Å². The molecule has 0 aromatic heterocycles. The van der Waals surface area contributed by atoms with E-state index in [4.69, 9.17) is 14.2 Å². The van der Waals surface area contributed by atoms with Crippen molar-refractivity contribution >= 4 is 17.9 Å². The summed E-state index contributed by atoms with van der Waals surface area (Å²) in [5, 5.41) is 0. The number of rotatable bonds is 39. The Morgan fingerprint density at radius 3 is 1.20 bits per heavy atom. The molecule has 0 radical (unpaired) electrons. The van der Waals surface area contributed by atoms with Crippen molar-refractivity contribution in [2.75, 3.05) is 13.2 Å². The number of hydrogen-bond acceptors (Lipinski definition) is 6. The minimum absolute atomic E-state index is 0.0936. The highest BCUT2D eigenvalue weighted by molar-refractivity contribution is 5.71. The molecule has 0 aliphatic rings. The van der Waals surface area contributed by atoms with Crippen LogP contribution < -0.4 is 0 Å². The summed E-state index contributed by atoms with van der Waals surface area (Å²) in [5.74, 6) is -0.953. The lowest BCUT2D eigenvalue weighted by atomic mass is 10.1. The van der Waals surface area contributed by atoms with E-state index in [0.717, 1.165) is 96.3 Å². The maximum atomic E-state index is 12.7. The predicted octanol–water partition coefficient (Wildman–Crippen LogP) is 14.3. The molecular formula is C49H82O6. The maximum absolute atomic E-state index is 12.7. The second-order valence-electron chi connectivity index (χ2n) is 14.7. The van der Waals surface area contributed by atoms with Gasteiger partial charge in [-0.2, -0.15) is 0 Å². The zero-order valence-corrected chi connectivity index (χ0v) is 35.7. The molecule has 0 amide bonds. The maximum Gasteiger partial charge on any atom is 0.306 e. The SMILES string of the molecule is CC\C=C/C=C\C=C/C=C\CCCCCCCC(=O)OCC(COC(=O)CCCCCCCCCCCCC)OC(=O)CCCCC/C=C\C=C/CCCC. The van der Waals surface area contributed by atoms with E-state index in [1.807, 2.05) is 24.3 Å². The quantitative estimate of drug-likeness (QED) is 0.0268. The molecule has 0 aliphatic heterocycles. The second-order valence-corrected chi connectivity index (χ2v) is 14.7. The Morgan fingerprint density at radius 1 is 0.382 bits per heavy atom. The number of carbonyl (C=O) groups is 3. The van der Waals surface area contributed by atoms with Gasteiger partial charge < -0.3 is 14.2 Å². The van der Waals surface area contributed by atoms with E-state index in [2.05, 4.69) is 69.4 Å². The molecule has 0 aromatic rings. The van der Waals surface area contributed by atoms with Crippen molar-refractivity contribution in [1.82, 2.24) is 0 Å². The van der Waals surface area contributed by atoms with Crippen LogP contribution in [0.1, 0.15) is 201 Å². The summed E-state index contributed by atoms with van der Waals surface area (Å²) in [6.45, 7) is 6.37. The fraction of sp³-hybridized carbons (Fsp3) is 0.694. The Hall–Kier alpha value is -3.15. The summed E-state index contributed by atoms with van der Waals surface area (Å²) in [6.07, 6.45) is 53.1. The molecule has 1 unspecified atom stereocenters. The van der Waals surface area contributed by atoms with Crippen LogP contribution >= 0.6 is 0 Å². The molecule has 0 heterocycles. The molecule has 0 saturated carbocycles. The van der Waals surface area contributed by atoms with Crippen LogP contribution in [0.4, 0.5) is 0 Å². The van der Waals surface area contributed by atoms with Crippen molar-refractivity contribution in [2.45, 2.75) is 207 Å². The lowest BCUT2D eigenvalue weighted by Gasteiger charge is -2.18. The highest BCUT2D eigenvalue weighted by atomic mass is 16.6. The molecule has 6 heteroatoms. The van der Waals surface area contributed by atoms with Crippen LogP contribution in [0, 0.1) is 0 Å². The third kappa shape index (κ3) is 41.8.